The molecule has 2 aromatic rings. The molecule has 2 aromatic carbocycles. The molecule has 0 aromatic heterocycles. The summed E-state index contributed by atoms with van der Waals surface area (Å²) < 4.78 is 33.3. The molecule has 0 atom stereocenters. The van der Waals surface area contributed by atoms with Crippen molar-refractivity contribution in [1.29, 1.82) is 0 Å². The lowest BCUT2D eigenvalue weighted by Gasteiger charge is -2.12. The van der Waals surface area contributed by atoms with Crippen LogP contribution < -0.4 is 4.74 Å². The molecule has 0 bridgehead atoms. The minimum Gasteiger partial charge on any atom is -0.494 e. The highest BCUT2D eigenvalue weighted by molar-refractivity contribution is 7.90. The Morgan fingerprint density at radius 1 is 1.17 bits per heavy atom. The van der Waals surface area contributed by atoms with E-state index in [2.05, 4.69) is 9.50 Å². The number of hydrogen-bond acceptors (Lipinski definition) is 5. The van der Waals surface area contributed by atoms with E-state index < -0.39 is 10.0 Å². The van der Waals surface area contributed by atoms with Gasteiger partial charge in [-0.05, 0) is 48.9 Å². The van der Waals surface area contributed by atoms with E-state index in [0.29, 0.717) is 18.0 Å². The van der Waals surface area contributed by atoms with Crippen LogP contribution in [0.1, 0.15) is 18.1 Å². The van der Waals surface area contributed by atoms with E-state index in [1.807, 2.05) is 31.2 Å². The minimum atomic E-state index is -3.64. The zero-order valence-electron chi connectivity index (χ0n) is 13.4. The van der Waals surface area contributed by atoms with E-state index in [1.54, 1.807) is 37.5 Å². The number of hydrazone groups is 1. The minimum absolute atomic E-state index is 0.211. The average molecular weight is 343 g/mol. The van der Waals surface area contributed by atoms with Gasteiger partial charge in [0.15, 0.2) is 5.84 Å². The SMILES string of the molecule is CCOc1ccc(C=NN(C)C2=NS(=O)(=O)c3ccccc32)cc1. The van der Waals surface area contributed by atoms with Gasteiger partial charge in [-0.15, -0.1) is 4.40 Å². The standard InChI is InChI=1S/C17H17N3O3S/c1-3-23-14-10-8-13(9-11-14)12-18-20(2)17-15-6-4-5-7-16(15)24(21,22)19-17/h4-12H,3H2,1-2H3. The molecule has 0 saturated carbocycles. The van der Waals surface area contributed by atoms with Crippen LogP contribution in [-0.4, -0.2) is 39.1 Å². The molecule has 0 spiro atoms. The van der Waals surface area contributed by atoms with Gasteiger partial charge in [0.25, 0.3) is 10.0 Å². The van der Waals surface area contributed by atoms with E-state index in [9.17, 15) is 8.42 Å². The maximum Gasteiger partial charge on any atom is 0.285 e. The molecule has 1 heterocycles. The van der Waals surface area contributed by atoms with E-state index in [-0.39, 0.29) is 4.90 Å². The smallest absolute Gasteiger partial charge is 0.285 e. The highest BCUT2D eigenvalue weighted by atomic mass is 32.2. The summed E-state index contributed by atoms with van der Waals surface area (Å²) in [6.07, 6.45) is 1.64. The summed E-state index contributed by atoms with van der Waals surface area (Å²) in [7, 11) is -1.97. The lowest BCUT2D eigenvalue weighted by atomic mass is 10.2. The molecule has 6 nitrogen and oxygen atoms in total. The van der Waals surface area contributed by atoms with Crippen LogP contribution in [0, 0.1) is 0 Å². The summed E-state index contributed by atoms with van der Waals surface area (Å²) in [5, 5.41) is 5.75. The molecule has 0 amide bonds. The largest absolute Gasteiger partial charge is 0.494 e. The Hall–Kier alpha value is -2.67. The summed E-state index contributed by atoms with van der Waals surface area (Å²) >= 11 is 0. The molecule has 0 N–H and O–H groups in total. The predicted octanol–water partition coefficient (Wildman–Crippen LogP) is 2.50. The van der Waals surface area contributed by atoms with Crippen LogP contribution >= 0.6 is 0 Å². The first-order chi connectivity index (χ1) is 11.5. The van der Waals surface area contributed by atoms with Crippen molar-refractivity contribution in [3.8, 4) is 5.75 Å². The second-order valence-electron chi connectivity index (χ2n) is 5.16. The summed E-state index contributed by atoms with van der Waals surface area (Å²) in [5.41, 5.74) is 1.43. The van der Waals surface area contributed by atoms with Gasteiger partial charge in [-0.2, -0.15) is 13.5 Å². The van der Waals surface area contributed by atoms with E-state index in [0.717, 1.165) is 11.3 Å². The van der Waals surface area contributed by atoms with Crippen LogP contribution in [0.15, 0.2) is 62.9 Å². The molecule has 0 aliphatic carbocycles. The Balaban J connectivity index is 1.81. The van der Waals surface area contributed by atoms with Crippen LogP contribution in [0.4, 0.5) is 0 Å². The first kappa shape index (κ1) is 16.2. The lowest BCUT2D eigenvalue weighted by Crippen LogP contribution is -2.21. The lowest BCUT2D eigenvalue weighted by molar-refractivity contribution is 0.340. The van der Waals surface area contributed by atoms with Crippen molar-refractivity contribution >= 4 is 22.1 Å². The third-order valence-electron chi connectivity index (χ3n) is 3.49. The number of sulfonamides is 1. The van der Waals surface area contributed by atoms with Gasteiger partial charge < -0.3 is 4.74 Å². The van der Waals surface area contributed by atoms with Gasteiger partial charge in [0.1, 0.15) is 10.6 Å². The molecule has 3 rings (SSSR count). The Bertz CT molecular complexity index is 903. The molecule has 0 unspecified atom stereocenters. The average Bonchev–Trinajstić information content (AvgIpc) is 2.86. The van der Waals surface area contributed by atoms with E-state index >= 15 is 0 Å². The van der Waals surface area contributed by atoms with Crippen LogP contribution in [0.3, 0.4) is 0 Å². The van der Waals surface area contributed by atoms with Crippen LogP contribution in [0.2, 0.25) is 0 Å². The van der Waals surface area contributed by atoms with Crippen LogP contribution in [0.5, 0.6) is 5.75 Å². The first-order valence-electron chi connectivity index (χ1n) is 7.46. The van der Waals surface area contributed by atoms with E-state index in [4.69, 9.17) is 4.74 Å². The zero-order valence-corrected chi connectivity index (χ0v) is 14.2. The molecule has 0 saturated heterocycles. The number of benzene rings is 2. The molecule has 1 aliphatic heterocycles. The zero-order chi connectivity index (χ0) is 17.2. The summed E-state index contributed by atoms with van der Waals surface area (Å²) in [5.74, 6) is 1.11. The Labute approximate surface area is 141 Å². The Morgan fingerprint density at radius 2 is 1.88 bits per heavy atom. The number of nitrogens with zero attached hydrogens (tertiary/aromatic N) is 3. The number of amidine groups is 1. The molecule has 0 fully saturated rings. The van der Waals surface area contributed by atoms with Gasteiger partial charge in [-0.1, -0.05) is 12.1 Å². The number of fused-ring (bicyclic) bond motifs is 1. The number of ether oxygens (including phenoxy) is 1. The highest BCUT2D eigenvalue weighted by Crippen LogP contribution is 2.26. The second-order valence-corrected chi connectivity index (χ2v) is 6.73. The van der Waals surface area contributed by atoms with Crippen molar-refractivity contribution < 1.29 is 13.2 Å². The Kier molecular flexibility index (Phi) is 4.35. The van der Waals surface area contributed by atoms with Gasteiger partial charge in [0, 0.05) is 12.6 Å². The van der Waals surface area contributed by atoms with Crippen molar-refractivity contribution in [2.24, 2.45) is 9.50 Å². The monoisotopic (exact) mass is 343 g/mol. The first-order valence-corrected chi connectivity index (χ1v) is 8.90. The Morgan fingerprint density at radius 3 is 2.58 bits per heavy atom. The second kappa shape index (κ2) is 6.45. The molecule has 24 heavy (non-hydrogen) atoms. The maximum absolute atomic E-state index is 12.1. The predicted molar refractivity (Wildman–Crippen MR) is 93.1 cm³/mol. The third-order valence-corrected chi connectivity index (χ3v) is 4.82. The van der Waals surface area contributed by atoms with Gasteiger partial charge in [0.05, 0.1) is 12.8 Å². The molecular weight excluding hydrogens is 326 g/mol. The maximum atomic E-state index is 12.1. The van der Waals surface area contributed by atoms with Crippen molar-refractivity contribution in [3.63, 3.8) is 0 Å². The molecule has 7 heteroatoms. The highest BCUT2D eigenvalue weighted by Gasteiger charge is 2.30. The quantitative estimate of drug-likeness (QED) is 0.632. The molecular formula is C17H17N3O3S. The molecule has 0 radical (unpaired) electrons. The number of rotatable bonds is 4. The molecule has 124 valence electrons. The van der Waals surface area contributed by atoms with Crippen molar-refractivity contribution in [2.75, 3.05) is 13.7 Å². The van der Waals surface area contributed by atoms with Crippen molar-refractivity contribution in [2.45, 2.75) is 11.8 Å². The summed E-state index contributed by atoms with van der Waals surface area (Å²) in [6.45, 7) is 2.54. The molecule has 1 aliphatic rings. The summed E-state index contributed by atoms with van der Waals surface area (Å²) in [6, 6.07) is 14.2. The van der Waals surface area contributed by atoms with Gasteiger partial charge in [-0.3, -0.25) is 0 Å². The van der Waals surface area contributed by atoms with Crippen molar-refractivity contribution in [3.05, 3.63) is 59.7 Å². The number of hydrogen-bond donors (Lipinski definition) is 0. The van der Waals surface area contributed by atoms with Gasteiger partial charge in [0.2, 0.25) is 0 Å². The fraction of sp³-hybridized carbons (Fsp3) is 0.176. The van der Waals surface area contributed by atoms with Gasteiger partial charge >= 0.3 is 0 Å². The fourth-order valence-electron chi connectivity index (χ4n) is 2.35. The van der Waals surface area contributed by atoms with Gasteiger partial charge in [-0.25, -0.2) is 5.01 Å². The fourth-order valence-corrected chi connectivity index (χ4v) is 3.58. The third kappa shape index (κ3) is 3.16. The summed E-state index contributed by atoms with van der Waals surface area (Å²) in [4.78, 5) is 0.211. The normalized spacial score (nSPS) is 15.2. The van der Waals surface area contributed by atoms with E-state index in [1.165, 1.54) is 5.01 Å². The topological polar surface area (TPSA) is 71.3 Å². The van der Waals surface area contributed by atoms with Crippen LogP contribution in [0.25, 0.3) is 0 Å². The van der Waals surface area contributed by atoms with Crippen LogP contribution in [-0.2, 0) is 10.0 Å². The van der Waals surface area contributed by atoms with Crippen molar-refractivity contribution in [1.82, 2.24) is 5.01 Å².